The Balaban J connectivity index is 1.49. The van der Waals surface area contributed by atoms with E-state index in [4.69, 9.17) is 4.74 Å². The molecule has 2 aromatic carbocycles. The molecule has 0 aromatic heterocycles. The Morgan fingerprint density at radius 3 is 2.70 bits per heavy atom. The number of hydrogen-bond donors (Lipinski definition) is 1. The van der Waals surface area contributed by atoms with E-state index in [1.807, 2.05) is 11.0 Å². The number of hydrogen-bond acceptors (Lipinski definition) is 5. The average Bonchev–Trinajstić information content (AvgIpc) is 3.36. The summed E-state index contributed by atoms with van der Waals surface area (Å²) >= 11 is 0. The van der Waals surface area contributed by atoms with Gasteiger partial charge in [0.25, 0.3) is 5.91 Å². The van der Waals surface area contributed by atoms with E-state index in [-0.39, 0.29) is 17.3 Å². The summed E-state index contributed by atoms with van der Waals surface area (Å²) in [6, 6.07) is 8.61. The zero-order chi connectivity index (χ0) is 18.7. The van der Waals surface area contributed by atoms with E-state index in [0.29, 0.717) is 42.3 Å². The average molecular weight is 366 g/mol. The quantitative estimate of drug-likeness (QED) is 0.660. The highest BCUT2D eigenvalue weighted by Crippen LogP contribution is 2.42. The first kappa shape index (κ1) is 16.3. The summed E-state index contributed by atoms with van der Waals surface area (Å²) in [6.45, 7) is 0.615. The van der Waals surface area contributed by atoms with Gasteiger partial charge in [-0.2, -0.15) is 0 Å². The lowest BCUT2D eigenvalue weighted by molar-refractivity contribution is -0.385. The fraction of sp³-hybridized carbons (Fsp3) is 0.350. The minimum atomic E-state index is -0.628. The molecule has 2 aromatic rings. The molecule has 0 bridgehead atoms. The molecule has 1 fully saturated rings. The van der Waals surface area contributed by atoms with Gasteiger partial charge in [-0.25, -0.2) is 0 Å². The van der Waals surface area contributed by atoms with Crippen molar-refractivity contribution in [3.05, 3.63) is 62.7 Å². The first-order valence-electron chi connectivity index (χ1n) is 9.12. The maximum absolute atomic E-state index is 12.6. The van der Waals surface area contributed by atoms with Crippen LogP contribution >= 0.6 is 0 Å². The number of amides is 1. The van der Waals surface area contributed by atoms with Gasteiger partial charge in [0.1, 0.15) is 5.75 Å². The lowest BCUT2D eigenvalue weighted by Gasteiger charge is -2.13. The van der Waals surface area contributed by atoms with Gasteiger partial charge in [0.15, 0.2) is 0 Å². The molecular weight excluding hydrogens is 348 g/mol. The zero-order valence-electron chi connectivity index (χ0n) is 14.6. The summed E-state index contributed by atoms with van der Waals surface area (Å²) in [7, 11) is 0. The van der Waals surface area contributed by atoms with Crippen LogP contribution in [0.4, 0.5) is 5.69 Å². The molecule has 3 aliphatic rings. The Bertz CT molecular complexity index is 983. The Morgan fingerprint density at radius 2 is 1.96 bits per heavy atom. The number of aryl methyl sites for hydroxylation is 1. The molecule has 2 aliphatic carbocycles. The van der Waals surface area contributed by atoms with Gasteiger partial charge >= 0.3 is 5.69 Å². The van der Waals surface area contributed by atoms with Crippen molar-refractivity contribution in [3.8, 4) is 11.5 Å². The molecule has 1 aliphatic heterocycles. The molecule has 5 rings (SSSR count). The smallest absolute Gasteiger partial charge is 0.311 e. The molecule has 138 valence electrons. The number of ether oxygens (including phenoxy) is 1. The minimum Gasteiger partial charge on any atom is -0.450 e. The molecule has 1 unspecified atom stereocenters. The first-order valence-corrected chi connectivity index (χ1v) is 9.12. The number of fused-ring (bicyclic) bond motifs is 2. The fourth-order valence-corrected chi connectivity index (χ4v) is 4.00. The summed E-state index contributed by atoms with van der Waals surface area (Å²) in [5.41, 5.74) is 2.88. The monoisotopic (exact) mass is 366 g/mol. The molecule has 27 heavy (non-hydrogen) atoms. The second-order valence-corrected chi connectivity index (χ2v) is 7.42. The van der Waals surface area contributed by atoms with E-state index in [1.165, 1.54) is 6.07 Å². The Kier molecular flexibility index (Phi) is 3.48. The summed E-state index contributed by atoms with van der Waals surface area (Å²) in [5.74, 6) is 0.469. The number of nitro benzene ring substituents is 1. The molecule has 1 N–H and O–H groups in total. The second-order valence-electron chi connectivity index (χ2n) is 7.42. The fourth-order valence-electron chi connectivity index (χ4n) is 4.00. The normalized spacial score (nSPS) is 20.6. The molecule has 0 saturated heterocycles. The second kappa shape index (κ2) is 5.79. The molecule has 1 saturated carbocycles. The topological polar surface area (TPSA) is 92.9 Å². The van der Waals surface area contributed by atoms with Crippen molar-refractivity contribution in [3.63, 3.8) is 0 Å². The van der Waals surface area contributed by atoms with E-state index in [2.05, 4.69) is 0 Å². The summed E-state index contributed by atoms with van der Waals surface area (Å²) < 4.78 is 5.81. The van der Waals surface area contributed by atoms with Gasteiger partial charge in [0.05, 0.1) is 11.0 Å². The number of benzene rings is 2. The van der Waals surface area contributed by atoms with E-state index in [9.17, 15) is 20.0 Å². The highest BCUT2D eigenvalue weighted by Gasteiger charge is 2.38. The third-order valence-electron chi connectivity index (χ3n) is 5.59. The van der Waals surface area contributed by atoms with E-state index in [0.717, 1.165) is 24.0 Å². The van der Waals surface area contributed by atoms with Gasteiger partial charge in [-0.3, -0.25) is 14.9 Å². The van der Waals surface area contributed by atoms with E-state index < -0.39 is 11.0 Å². The van der Waals surface area contributed by atoms with Gasteiger partial charge in [-0.15, -0.1) is 0 Å². The predicted molar refractivity (Wildman–Crippen MR) is 95.8 cm³/mol. The molecule has 1 heterocycles. The van der Waals surface area contributed by atoms with Crippen molar-refractivity contribution in [2.24, 2.45) is 0 Å². The van der Waals surface area contributed by atoms with Crippen LogP contribution in [-0.4, -0.2) is 26.9 Å². The maximum atomic E-state index is 12.6. The van der Waals surface area contributed by atoms with Gasteiger partial charge < -0.3 is 14.7 Å². The van der Waals surface area contributed by atoms with Crippen LogP contribution in [0.1, 0.15) is 52.4 Å². The first-order chi connectivity index (χ1) is 13.0. The zero-order valence-corrected chi connectivity index (χ0v) is 14.6. The van der Waals surface area contributed by atoms with Crippen LogP contribution in [0.2, 0.25) is 0 Å². The van der Waals surface area contributed by atoms with Crippen LogP contribution in [0.5, 0.6) is 11.5 Å². The third kappa shape index (κ3) is 2.66. The Morgan fingerprint density at radius 1 is 1.15 bits per heavy atom. The number of nitrogens with zero attached hydrogens (tertiary/aromatic N) is 2. The summed E-state index contributed by atoms with van der Waals surface area (Å²) in [4.78, 5) is 25.4. The minimum absolute atomic E-state index is 0.00294. The van der Waals surface area contributed by atoms with Gasteiger partial charge in [0.2, 0.25) is 5.75 Å². The number of aliphatic hydroxyl groups is 1. The molecule has 7 heteroatoms. The third-order valence-corrected chi connectivity index (χ3v) is 5.59. The predicted octanol–water partition coefficient (Wildman–Crippen LogP) is 3.48. The number of carbonyl (C=O) groups is 1. The van der Waals surface area contributed by atoms with Crippen molar-refractivity contribution < 1.29 is 19.6 Å². The summed E-state index contributed by atoms with van der Waals surface area (Å²) in [5, 5.41) is 21.5. The SMILES string of the molecule is O=C1c2cc(Oc3cc4c(cc3[N+](=O)[O-])CCC4O)ccc2CN1C1CC1. The molecule has 1 atom stereocenters. The lowest BCUT2D eigenvalue weighted by atomic mass is 10.1. The van der Waals surface area contributed by atoms with Crippen molar-refractivity contribution in [2.45, 2.75) is 44.4 Å². The highest BCUT2D eigenvalue weighted by atomic mass is 16.6. The molecule has 7 nitrogen and oxygen atoms in total. The number of carbonyl (C=O) groups excluding carboxylic acids is 1. The van der Waals surface area contributed by atoms with Crippen LogP contribution in [0.25, 0.3) is 0 Å². The van der Waals surface area contributed by atoms with Crippen LogP contribution < -0.4 is 4.74 Å². The van der Waals surface area contributed by atoms with Crippen molar-refractivity contribution in [1.29, 1.82) is 0 Å². The molecular formula is C20H18N2O5. The molecule has 1 amide bonds. The van der Waals surface area contributed by atoms with Crippen molar-refractivity contribution in [1.82, 2.24) is 4.90 Å². The number of nitro groups is 1. The van der Waals surface area contributed by atoms with Crippen LogP contribution in [0.3, 0.4) is 0 Å². The van der Waals surface area contributed by atoms with Gasteiger partial charge in [-0.05, 0) is 60.6 Å². The number of aliphatic hydroxyl groups excluding tert-OH is 1. The van der Waals surface area contributed by atoms with Crippen LogP contribution in [0.15, 0.2) is 30.3 Å². The van der Waals surface area contributed by atoms with Crippen LogP contribution in [-0.2, 0) is 13.0 Å². The largest absolute Gasteiger partial charge is 0.450 e. The Labute approximate surface area is 155 Å². The van der Waals surface area contributed by atoms with Crippen molar-refractivity contribution >= 4 is 11.6 Å². The number of rotatable bonds is 4. The Hall–Kier alpha value is -2.93. The van der Waals surface area contributed by atoms with Gasteiger partial charge in [0, 0.05) is 24.2 Å². The molecule has 0 spiro atoms. The van der Waals surface area contributed by atoms with E-state index >= 15 is 0 Å². The standard InChI is InChI=1S/C20H18N2O5/c23-18-6-2-11-7-17(22(25)26)19(9-15(11)18)27-14-5-1-12-10-21(13-3-4-13)20(24)16(12)8-14/h1,5,7-9,13,18,23H,2-4,6,10H2. The molecule has 0 radical (unpaired) electrons. The lowest BCUT2D eigenvalue weighted by Crippen LogP contribution is -2.25. The van der Waals surface area contributed by atoms with E-state index in [1.54, 1.807) is 18.2 Å². The maximum Gasteiger partial charge on any atom is 0.311 e. The van der Waals surface area contributed by atoms with Crippen LogP contribution in [0, 0.1) is 10.1 Å². The highest BCUT2D eigenvalue weighted by molar-refractivity contribution is 5.99. The van der Waals surface area contributed by atoms with Gasteiger partial charge in [-0.1, -0.05) is 6.07 Å². The summed E-state index contributed by atoms with van der Waals surface area (Å²) in [6.07, 6.45) is 2.64. The van der Waals surface area contributed by atoms with Crippen molar-refractivity contribution in [2.75, 3.05) is 0 Å².